The summed E-state index contributed by atoms with van der Waals surface area (Å²) in [7, 11) is 0. The molecule has 1 aliphatic heterocycles. The second-order valence-corrected chi connectivity index (χ2v) is 5.75. The van der Waals surface area contributed by atoms with Crippen molar-refractivity contribution in [3.8, 4) is 0 Å². The smallest absolute Gasteiger partial charge is 0.358 e. The molecule has 21 heavy (non-hydrogen) atoms. The Bertz CT molecular complexity index is 662. The lowest BCUT2D eigenvalue weighted by Gasteiger charge is -2.39. The molecule has 6 nitrogen and oxygen atoms in total. The molecule has 1 aromatic carbocycles. The van der Waals surface area contributed by atoms with Crippen molar-refractivity contribution in [2.45, 2.75) is 12.6 Å². The molecular formula is C13H12Cl2N4O2. The molecule has 2 heterocycles. The first-order chi connectivity index (χ1) is 10.0. The molecule has 0 atom stereocenters. The van der Waals surface area contributed by atoms with Gasteiger partial charge in [0.1, 0.15) is 0 Å². The number of hydrogen-bond donors (Lipinski definition) is 1. The first-order valence-electron chi connectivity index (χ1n) is 6.35. The van der Waals surface area contributed by atoms with Crippen molar-refractivity contribution in [1.29, 1.82) is 0 Å². The highest BCUT2D eigenvalue weighted by atomic mass is 35.5. The fourth-order valence-corrected chi connectivity index (χ4v) is 2.82. The molecule has 0 unspecified atom stereocenters. The van der Waals surface area contributed by atoms with E-state index in [0.29, 0.717) is 16.6 Å². The minimum absolute atomic E-state index is 0.0393. The van der Waals surface area contributed by atoms with Crippen LogP contribution in [0.1, 0.15) is 22.1 Å². The Morgan fingerprint density at radius 1 is 1.33 bits per heavy atom. The van der Waals surface area contributed by atoms with E-state index >= 15 is 0 Å². The fourth-order valence-electron chi connectivity index (χ4n) is 2.30. The number of nitrogens with zero attached hydrogens (tertiary/aromatic N) is 4. The Balaban J connectivity index is 1.62. The maximum Gasteiger partial charge on any atom is 0.358 e. The zero-order valence-corrected chi connectivity index (χ0v) is 12.4. The number of hydrogen-bond acceptors (Lipinski definition) is 4. The quantitative estimate of drug-likeness (QED) is 0.933. The number of likely N-dealkylation sites (tertiary alicyclic amines) is 1. The van der Waals surface area contributed by atoms with Crippen LogP contribution in [0.5, 0.6) is 0 Å². The van der Waals surface area contributed by atoms with E-state index < -0.39 is 5.97 Å². The molecule has 3 rings (SSSR count). The van der Waals surface area contributed by atoms with Crippen molar-refractivity contribution in [2.24, 2.45) is 0 Å². The third kappa shape index (κ3) is 2.88. The number of rotatable bonds is 4. The second-order valence-electron chi connectivity index (χ2n) is 4.94. The number of halogens is 2. The van der Waals surface area contributed by atoms with Crippen LogP contribution in [-0.2, 0) is 6.54 Å². The normalized spacial score (nSPS) is 15.9. The number of carbonyl (C=O) groups is 1. The van der Waals surface area contributed by atoms with Gasteiger partial charge in [0.05, 0.1) is 12.2 Å². The van der Waals surface area contributed by atoms with Crippen molar-refractivity contribution in [3.05, 3.63) is 45.7 Å². The summed E-state index contributed by atoms with van der Waals surface area (Å²) in [4.78, 5) is 12.9. The highest BCUT2D eigenvalue weighted by Gasteiger charge is 2.30. The molecule has 0 spiro atoms. The summed E-state index contributed by atoms with van der Waals surface area (Å²) in [6, 6.07) is 5.58. The maximum atomic E-state index is 10.8. The van der Waals surface area contributed by atoms with Crippen molar-refractivity contribution in [3.63, 3.8) is 0 Å². The number of benzene rings is 1. The Kier molecular flexibility index (Phi) is 3.84. The molecule has 0 bridgehead atoms. The van der Waals surface area contributed by atoms with Crippen LogP contribution in [-0.4, -0.2) is 44.1 Å². The number of carboxylic acid groups (broad SMARTS) is 1. The van der Waals surface area contributed by atoms with Gasteiger partial charge in [0.2, 0.25) is 0 Å². The summed E-state index contributed by atoms with van der Waals surface area (Å²) in [5.74, 6) is -1.07. The zero-order chi connectivity index (χ0) is 15.0. The van der Waals surface area contributed by atoms with Crippen molar-refractivity contribution >= 4 is 29.2 Å². The van der Waals surface area contributed by atoms with E-state index in [1.165, 1.54) is 6.20 Å². The van der Waals surface area contributed by atoms with E-state index in [9.17, 15) is 4.79 Å². The van der Waals surface area contributed by atoms with Gasteiger partial charge in [-0.3, -0.25) is 4.90 Å². The lowest BCUT2D eigenvalue weighted by atomic mass is 10.1. The van der Waals surface area contributed by atoms with E-state index in [0.717, 1.165) is 18.7 Å². The average molecular weight is 327 g/mol. The SMILES string of the molecule is O=C(O)c1cn(C2CN(Cc3c(Cl)cccc3Cl)C2)nn1. The van der Waals surface area contributed by atoms with Crippen molar-refractivity contribution < 1.29 is 9.90 Å². The predicted octanol–water partition coefficient (Wildman–Crippen LogP) is 2.34. The van der Waals surface area contributed by atoms with E-state index in [-0.39, 0.29) is 11.7 Å². The maximum absolute atomic E-state index is 10.8. The first kappa shape index (κ1) is 14.3. The van der Waals surface area contributed by atoms with Gasteiger partial charge in [-0.25, -0.2) is 9.48 Å². The van der Waals surface area contributed by atoms with Crippen molar-refractivity contribution in [1.82, 2.24) is 19.9 Å². The number of carboxylic acids is 1. The largest absolute Gasteiger partial charge is 0.476 e. The predicted molar refractivity (Wildman–Crippen MR) is 77.8 cm³/mol. The number of aromatic carboxylic acids is 1. The Morgan fingerprint density at radius 2 is 2.00 bits per heavy atom. The molecule has 1 saturated heterocycles. The zero-order valence-electron chi connectivity index (χ0n) is 10.9. The van der Waals surface area contributed by atoms with Gasteiger partial charge in [0.15, 0.2) is 5.69 Å². The molecule has 1 aliphatic rings. The molecular weight excluding hydrogens is 315 g/mol. The molecule has 1 N–H and O–H groups in total. The molecule has 1 aromatic heterocycles. The summed E-state index contributed by atoms with van der Waals surface area (Å²) in [5.41, 5.74) is 0.867. The number of aromatic nitrogens is 3. The van der Waals surface area contributed by atoms with Gasteiger partial charge in [0.25, 0.3) is 0 Å². The van der Waals surface area contributed by atoms with Gasteiger partial charge in [0, 0.05) is 35.2 Å². The summed E-state index contributed by atoms with van der Waals surface area (Å²) in [6.45, 7) is 2.17. The molecule has 0 amide bonds. The Labute approximate surface area is 130 Å². The van der Waals surface area contributed by atoms with Gasteiger partial charge in [-0.2, -0.15) is 0 Å². The van der Waals surface area contributed by atoms with Gasteiger partial charge in [-0.05, 0) is 12.1 Å². The van der Waals surface area contributed by atoms with E-state index in [1.807, 2.05) is 18.2 Å². The minimum atomic E-state index is -1.07. The summed E-state index contributed by atoms with van der Waals surface area (Å²) in [5, 5.41) is 17.6. The molecule has 1 fully saturated rings. The molecule has 0 aliphatic carbocycles. The van der Waals surface area contributed by atoms with Gasteiger partial charge < -0.3 is 5.11 Å². The molecule has 0 saturated carbocycles. The van der Waals surface area contributed by atoms with E-state index in [1.54, 1.807) is 4.68 Å². The highest BCUT2D eigenvalue weighted by Crippen LogP contribution is 2.29. The summed E-state index contributed by atoms with van der Waals surface area (Å²) in [6.07, 6.45) is 1.45. The van der Waals surface area contributed by atoms with Crippen LogP contribution in [0, 0.1) is 0 Å². The van der Waals surface area contributed by atoms with E-state index in [2.05, 4.69) is 15.2 Å². The van der Waals surface area contributed by atoms with Crippen LogP contribution < -0.4 is 0 Å². The van der Waals surface area contributed by atoms with Crippen LogP contribution in [0.4, 0.5) is 0 Å². The fraction of sp³-hybridized carbons (Fsp3) is 0.308. The van der Waals surface area contributed by atoms with Crippen LogP contribution in [0.3, 0.4) is 0 Å². The minimum Gasteiger partial charge on any atom is -0.476 e. The van der Waals surface area contributed by atoms with Gasteiger partial charge in [-0.15, -0.1) is 5.10 Å². The molecule has 8 heteroatoms. The lowest BCUT2D eigenvalue weighted by Crippen LogP contribution is -2.47. The van der Waals surface area contributed by atoms with Crippen molar-refractivity contribution in [2.75, 3.05) is 13.1 Å². The van der Waals surface area contributed by atoms with Crippen LogP contribution in [0.15, 0.2) is 24.4 Å². The van der Waals surface area contributed by atoms with Gasteiger partial charge in [-0.1, -0.05) is 34.5 Å². The Hall–Kier alpha value is -1.63. The van der Waals surface area contributed by atoms with Gasteiger partial charge >= 0.3 is 5.97 Å². The lowest BCUT2D eigenvalue weighted by molar-refractivity contribution is 0.0690. The second kappa shape index (κ2) is 5.63. The molecule has 2 aromatic rings. The van der Waals surface area contributed by atoms with E-state index in [4.69, 9.17) is 28.3 Å². The highest BCUT2D eigenvalue weighted by molar-refractivity contribution is 6.35. The first-order valence-corrected chi connectivity index (χ1v) is 7.10. The van der Waals surface area contributed by atoms with Crippen LogP contribution in [0.25, 0.3) is 0 Å². The summed E-state index contributed by atoms with van der Waals surface area (Å²) < 4.78 is 1.59. The average Bonchev–Trinajstić information content (AvgIpc) is 2.85. The van der Waals surface area contributed by atoms with Crippen LogP contribution in [0.2, 0.25) is 10.0 Å². The van der Waals surface area contributed by atoms with Crippen LogP contribution >= 0.6 is 23.2 Å². The monoisotopic (exact) mass is 326 g/mol. The third-order valence-electron chi connectivity index (χ3n) is 3.48. The molecule has 0 radical (unpaired) electrons. The summed E-state index contributed by atoms with van der Waals surface area (Å²) >= 11 is 12.3. The third-order valence-corrected chi connectivity index (χ3v) is 4.19. The Morgan fingerprint density at radius 3 is 2.57 bits per heavy atom. The topological polar surface area (TPSA) is 71.2 Å². The molecule has 110 valence electrons. The standard InChI is InChI=1S/C13H12Cl2N4O2/c14-10-2-1-3-11(15)9(10)6-18-4-8(5-18)19-7-12(13(20)21)16-17-19/h1-3,7-8H,4-6H2,(H,20,21).